The molecule has 1 unspecified atom stereocenters. The van der Waals surface area contributed by atoms with E-state index in [0.29, 0.717) is 29.9 Å². The Kier molecular flexibility index (Phi) is 7.98. The van der Waals surface area contributed by atoms with Crippen LogP contribution in [0, 0.1) is 6.92 Å². The summed E-state index contributed by atoms with van der Waals surface area (Å²) in [7, 11) is 3.86. The second-order valence-corrected chi connectivity index (χ2v) is 8.35. The number of carbonyl (C=O) groups excluding carboxylic acids is 1. The minimum Gasteiger partial charge on any atom is -0.491 e. The minimum absolute atomic E-state index is 0.0676. The van der Waals surface area contributed by atoms with E-state index >= 15 is 0 Å². The number of ether oxygens (including phenoxy) is 1. The van der Waals surface area contributed by atoms with Crippen LogP contribution in [-0.4, -0.2) is 60.3 Å². The van der Waals surface area contributed by atoms with Crippen LogP contribution in [0.4, 0.5) is 5.82 Å². The number of aromatic nitrogens is 2. The van der Waals surface area contributed by atoms with Crippen molar-refractivity contribution in [1.29, 1.82) is 0 Å². The van der Waals surface area contributed by atoms with Crippen molar-refractivity contribution in [3.63, 3.8) is 0 Å². The van der Waals surface area contributed by atoms with Gasteiger partial charge in [0.05, 0.1) is 0 Å². The number of aliphatic hydroxyl groups excluding tert-OH is 1. The van der Waals surface area contributed by atoms with Gasteiger partial charge in [0.1, 0.15) is 30.0 Å². The monoisotopic (exact) mass is 426 g/mol. The molecule has 1 heterocycles. The van der Waals surface area contributed by atoms with Crippen molar-refractivity contribution in [3.05, 3.63) is 35.5 Å². The molecule has 31 heavy (non-hydrogen) atoms. The smallest absolute Gasteiger partial charge is 0.178 e. The lowest BCUT2D eigenvalue weighted by atomic mass is 9.94. The number of benzene rings is 1. The molecule has 1 saturated carbocycles. The number of rotatable bonds is 9. The zero-order valence-electron chi connectivity index (χ0n) is 19.0. The minimum atomic E-state index is -0.593. The van der Waals surface area contributed by atoms with Gasteiger partial charge >= 0.3 is 0 Å². The van der Waals surface area contributed by atoms with Crippen LogP contribution in [0.15, 0.2) is 24.3 Å². The highest BCUT2D eigenvalue weighted by Gasteiger charge is 2.24. The van der Waals surface area contributed by atoms with Gasteiger partial charge in [0.15, 0.2) is 11.6 Å². The zero-order chi connectivity index (χ0) is 22.4. The SMILES string of the molecule is CNCC(O)COc1cccc(-c2nc(C(C)=O)c(C)c(N(C)C3CCCCC3)n2)c1. The summed E-state index contributed by atoms with van der Waals surface area (Å²) in [6.45, 7) is 4.12. The van der Waals surface area contributed by atoms with Crippen LogP contribution in [-0.2, 0) is 0 Å². The molecule has 168 valence electrons. The van der Waals surface area contributed by atoms with Crippen LogP contribution in [0.2, 0.25) is 0 Å². The molecule has 0 amide bonds. The average molecular weight is 427 g/mol. The van der Waals surface area contributed by atoms with Gasteiger partial charge in [-0.3, -0.25) is 4.79 Å². The fourth-order valence-corrected chi connectivity index (χ4v) is 4.17. The lowest BCUT2D eigenvalue weighted by molar-refractivity contribution is 0.101. The van der Waals surface area contributed by atoms with Crippen molar-refractivity contribution < 1.29 is 14.6 Å². The highest BCUT2D eigenvalue weighted by Crippen LogP contribution is 2.31. The Morgan fingerprint density at radius 3 is 2.71 bits per heavy atom. The van der Waals surface area contributed by atoms with E-state index in [4.69, 9.17) is 9.72 Å². The summed E-state index contributed by atoms with van der Waals surface area (Å²) in [5.41, 5.74) is 2.06. The normalized spacial score (nSPS) is 15.5. The summed E-state index contributed by atoms with van der Waals surface area (Å²) in [6.07, 6.45) is 5.43. The third kappa shape index (κ3) is 5.80. The molecule has 0 saturated heterocycles. The van der Waals surface area contributed by atoms with Gasteiger partial charge in [-0.25, -0.2) is 9.97 Å². The number of aliphatic hydroxyl groups is 1. The summed E-state index contributed by atoms with van der Waals surface area (Å²) < 4.78 is 5.73. The van der Waals surface area contributed by atoms with Crippen LogP contribution < -0.4 is 15.0 Å². The van der Waals surface area contributed by atoms with Crippen LogP contribution in [0.5, 0.6) is 5.75 Å². The maximum atomic E-state index is 12.3. The molecule has 3 rings (SSSR count). The number of likely N-dealkylation sites (N-methyl/N-ethyl adjacent to an activating group) is 1. The van der Waals surface area contributed by atoms with E-state index in [9.17, 15) is 9.90 Å². The highest BCUT2D eigenvalue weighted by molar-refractivity contribution is 5.95. The molecule has 1 atom stereocenters. The number of nitrogens with zero attached hydrogens (tertiary/aromatic N) is 3. The molecule has 0 radical (unpaired) electrons. The van der Waals surface area contributed by atoms with Crippen molar-refractivity contribution in [2.75, 3.05) is 32.1 Å². The summed E-state index contributed by atoms with van der Waals surface area (Å²) in [5, 5.41) is 12.8. The van der Waals surface area contributed by atoms with Crippen LogP contribution >= 0.6 is 0 Å². The Hall–Kier alpha value is -2.51. The first kappa shape index (κ1) is 23.2. The number of hydrogen-bond donors (Lipinski definition) is 2. The summed E-state index contributed by atoms with van der Waals surface area (Å²) in [5.74, 6) is 1.89. The summed E-state index contributed by atoms with van der Waals surface area (Å²) >= 11 is 0. The molecule has 7 heteroatoms. The third-order valence-electron chi connectivity index (χ3n) is 5.88. The molecular formula is C24H34N4O3. The van der Waals surface area contributed by atoms with E-state index in [1.54, 1.807) is 14.0 Å². The second-order valence-electron chi connectivity index (χ2n) is 8.35. The highest BCUT2D eigenvalue weighted by atomic mass is 16.5. The van der Waals surface area contributed by atoms with E-state index in [1.807, 2.05) is 31.2 Å². The van der Waals surface area contributed by atoms with Crippen molar-refractivity contribution >= 4 is 11.6 Å². The second kappa shape index (κ2) is 10.7. The van der Waals surface area contributed by atoms with Gasteiger partial charge in [-0.15, -0.1) is 0 Å². The Morgan fingerprint density at radius 2 is 2.03 bits per heavy atom. The summed E-state index contributed by atoms with van der Waals surface area (Å²) in [4.78, 5) is 24.0. The molecule has 1 aliphatic carbocycles. The van der Waals surface area contributed by atoms with Crippen molar-refractivity contribution in [3.8, 4) is 17.1 Å². The van der Waals surface area contributed by atoms with Gasteiger partial charge in [-0.2, -0.15) is 0 Å². The molecular weight excluding hydrogens is 392 g/mol. The molecule has 1 aliphatic rings. The number of Topliss-reactive ketones (excluding diaryl/α,β-unsaturated/α-hetero) is 1. The zero-order valence-corrected chi connectivity index (χ0v) is 19.0. The fraction of sp³-hybridized carbons (Fsp3) is 0.542. The topological polar surface area (TPSA) is 87.6 Å². The Labute approximate surface area is 184 Å². The van der Waals surface area contributed by atoms with Crippen molar-refractivity contribution in [1.82, 2.24) is 15.3 Å². The van der Waals surface area contributed by atoms with Gasteiger partial charge in [-0.1, -0.05) is 31.4 Å². The average Bonchev–Trinajstić information content (AvgIpc) is 2.78. The number of hydrogen-bond acceptors (Lipinski definition) is 7. The predicted molar refractivity (Wildman–Crippen MR) is 123 cm³/mol. The number of anilines is 1. The van der Waals surface area contributed by atoms with E-state index in [1.165, 1.54) is 19.3 Å². The number of nitrogens with one attached hydrogen (secondary N) is 1. The van der Waals surface area contributed by atoms with E-state index in [2.05, 4.69) is 22.2 Å². The van der Waals surface area contributed by atoms with Crippen LogP contribution in [0.1, 0.15) is 55.1 Å². The Morgan fingerprint density at radius 1 is 1.29 bits per heavy atom. The molecule has 2 aromatic rings. The first-order chi connectivity index (χ1) is 14.9. The largest absolute Gasteiger partial charge is 0.491 e. The number of carbonyl (C=O) groups is 1. The van der Waals surface area contributed by atoms with E-state index in [0.717, 1.165) is 29.8 Å². The van der Waals surface area contributed by atoms with Gasteiger partial charge in [0.25, 0.3) is 0 Å². The third-order valence-corrected chi connectivity index (χ3v) is 5.88. The van der Waals surface area contributed by atoms with Crippen LogP contribution in [0.3, 0.4) is 0 Å². The molecule has 1 aromatic heterocycles. The summed E-state index contributed by atoms with van der Waals surface area (Å²) in [6, 6.07) is 7.90. The predicted octanol–water partition coefficient (Wildman–Crippen LogP) is 3.38. The van der Waals surface area contributed by atoms with Crippen molar-refractivity contribution in [2.24, 2.45) is 0 Å². The molecule has 0 bridgehead atoms. The van der Waals surface area contributed by atoms with Gasteiger partial charge < -0.3 is 20.1 Å². The van der Waals surface area contributed by atoms with E-state index < -0.39 is 6.10 Å². The first-order valence-electron chi connectivity index (χ1n) is 11.1. The lowest BCUT2D eigenvalue weighted by Gasteiger charge is -2.33. The Balaban J connectivity index is 1.92. The van der Waals surface area contributed by atoms with Gasteiger partial charge in [0.2, 0.25) is 0 Å². The van der Waals surface area contributed by atoms with Gasteiger partial charge in [-0.05, 0) is 38.9 Å². The van der Waals surface area contributed by atoms with Crippen molar-refractivity contribution in [2.45, 2.75) is 58.1 Å². The number of ketones is 1. The van der Waals surface area contributed by atoms with Crippen LogP contribution in [0.25, 0.3) is 11.4 Å². The van der Waals surface area contributed by atoms with Gasteiger partial charge in [0, 0.05) is 37.7 Å². The first-order valence-corrected chi connectivity index (χ1v) is 11.1. The quantitative estimate of drug-likeness (QED) is 0.594. The molecule has 0 spiro atoms. The molecule has 2 N–H and O–H groups in total. The maximum absolute atomic E-state index is 12.3. The molecule has 1 fully saturated rings. The fourth-order valence-electron chi connectivity index (χ4n) is 4.17. The Bertz CT molecular complexity index is 896. The van der Waals surface area contributed by atoms with E-state index in [-0.39, 0.29) is 12.4 Å². The lowest BCUT2D eigenvalue weighted by Crippen LogP contribution is -2.35. The maximum Gasteiger partial charge on any atom is 0.178 e. The molecule has 0 aliphatic heterocycles. The molecule has 1 aromatic carbocycles. The molecule has 7 nitrogen and oxygen atoms in total. The standard InChI is InChI=1S/C24H34N4O3/c1-16-22(17(2)29)26-23(27-24(16)28(4)19-10-6-5-7-11-19)18-9-8-12-21(13-18)31-15-20(30)14-25-3/h8-9,12-13,19-20,25,30H,5-7,10-11,14-15H2,1-4H3.